The summed E-state index contributed by atoms with van der Waals surface area (Å²) in [4.78, 5) is 12.8. The van der Waals surface area contributed by atoms with Gasteiger partial charge in [0, 0.05) is 6.04 Å². The molecule has 1 aliphatic rings. The van der Waals surface area contributed by atoms with Gasteiger partial charge < -0.3 is 4.74 Å². The Morgan fingerprint density at radius 2 is 2.11 bits per heavy atom. The van der Waals surface area contributed by atoms with Gasteiger partial charge in [0.25, 0.3) is 0 Å². The topological polar surface area (TPSA) is 29.5 Å². The van der Waals surface area contributed by atoms with E-state index in [-0.39, 0.29) is 6.61 Å². The minimum atomic E-state index is 0.125. The number of nitrogens with zero attached hydrogens (tertiary/aromatic N) is 1. The number of hydrogen-bond acceptors (Lipinski definition) is 3. The maximum absolute atomic E-state index is 10.3. The van der Waals surface area contributed by atoms with Crippen LogP contribution < -0.4 is 4.74 Å². The molecule has 1 aliphatic heterocycles. The van der Waals surface area contributed by atoms with Gasteiger partial charge >= 0.3 is 0 Å². The molecule has 2 rings (SSSR count). The van der Waals surface area contributed by atoms with Gasteiger partial charge in [-0.3, -0.25) is 9.69 Å². The van der Waals surface area contributed by atoms with Crippen LogP contribution >= 0.6 is 0 Å². The summed E-state index contributed by atoms with van der Waals surface area (Å²) in [6.07, 6.45) is 3.39. The van der Waals surface area contributed by atoms with E-state index in [9.17, 15) is 4.79 Å². The maximum Gasteiger partial charge on any atom is 0.157 e. The molecular weight excluding hydrogens is 226 g/mol. The van der Waals surface area contributed by atoms with Crippen molar-refractivity contribution >= 4 is 6.29 Å². The Hall–Kier alpha value is -1.35. The molecule has 1 saturated heterocycles. The van der Waals surface area contributed by atoms with Crippen LogP contribution in [0.2, 0.25) is 0 Å². The van der Waals surface area contributed by atoms with Crippen molar-refractivity contribution in [3.8, 4) is 5.75 Å². The summed E-state index contributed by atoms with van der Waals surface area (Å²) in [5.74, 6) is 0.775. The number of benzene rings is 1. The second-order valence-electron chi connectivity index (χ2n) is 4.92. The maximum atomic E-state index is 10.3. The number of aldehydes is 1. The van der Waals surface area contributed by atoms with Crippen LogP contribution in [0.4, 0.5) is 0 Å². The third-order valence-corrected chi connectivity index (χ3v) is 3.70. The number of ether oxygens (including phenoxy) is 1. The Bertz CT molecular complexity index is 411. The van der Waals surface area contributed by atoms with E-state index in [1.807, 2.05) is 12.1 Å². The Morgan fingerprint density at radius 3 is 2.72 bits per heavy atom. The molecule has 0 aromatic heterocycles. The van der Waals surface area contributed by atoms with Crippen molar-refractivity contribution in [1.82, 2.24) is 4.90 Å². The second kappa shape index (κ2) is 6.01. The van der Waals surface area contributed by atoms with Crippen LogP contribution in [0.5, 0.6) is 5.75 Å². The third kappa shape index (κ3) is 2.91. The molecule has 1 atom stereocenters. The molecule has 0 saturated carbocycles. The highest BCUT2D eigenvalue weighted by Gasteiger charge is 2.20. The lowest BCUT2D eigenvalue weighted by atomic mass is 10.0. The highest BCUT2D eigenvalue weighted by Crippen LogP contribution is 2.28. The Balaban J connectivity index is 2.10. The molecule has 1 aromatic carbocycles. The third-order valence-electron chi connectivity index (χ3n) is 3.70. The Labute approximate surface area is 109 Å². The highest BCUT2D eigenvalue weighted by atomic mass is 16.5. The number of likely N-dealkylation sites (tertiary alicyclic amines) is 1. The smallest absolute Gasteiger partial charge is 0.157 e. The molecule has 0 aliphatic carbocycles. The summed E-state index contributed by atoms with van der Waals surface area (Å²) in [5, 5.41) is 0. The molecule has 0 spiro atoms. The van der Waals surface area contributed by atoms with Gasteiger partial charge in [0.05, 0.1) is 0 Å². The van der Waals surface area contributed by atoms with E-state index >= 15 is 0 Å². The number of aryl methyl sites for hydroxylation is 1. The second-order valence-corrected chi connectivity index (χ2v) is 4.92. The molecule has 0 amide bonds. The summed E-state index contributed by atoms with van der Waals surface area (Å²) in [5.41, 5.74) is 2.59. The van der Waals surface area contributed by atoms with E-state index in [0.717, 1.165) is 12.0 Å². The summed E-state index contributed by atoms with van der Waals surface area (Å²) >= 11 is 0. The predicted octanol–water partition coefficient (Wildman–Crippen LogP) is 2.73. The number of carbonyl (C=O) groups is 1. The van der Waals surface area contributed by atoms with Gasteiger partial charge in [-0.1, -0.05) is 6.07 Å². The summed E-state index contributed by atoms with van der Waals surface area (Å²) < 4.78 is 5.31. The molecule has 3 heteroatoms. The molecule has 18 heavy (non-hydrogen) atoms. The average molecular weight is 247 g/mol. The van der Waals surface area contributed by atoms with E-state index in [2.05, 4.69) is 24.8 Å². The van der Waals surface area contributed by atoms with E-state index in [0.29, 0.717) is 6.04 Å². The van der Waals surface area contributed by atoms with Gasteiger partial charge in [-0.2, -0.15) is 0 Å². The molecule has 0 radical (unpaired) electrons. The molecule has 1 heterocycles. The first-order valence-electron chi connectivity index (χ1n) is 6.63. The minimum Gasteiger partial charge on any atom is -0.486 e. The fraction of sp³-hybridized carbons (Fsp3) is 0.533. The molecule has 0 bridgehead atoms. The van der Waals surface area contributed by atoms with Crippen LogP contribution in [-0.4, -0.2) is 30.9 Å². The van der Waals surface area contributed by atoms with Gasteiger partial charge in [-0.15, -0.1) is 0 Å². The van der Waals surface area contributed by atoms with Gasteiger partial charge in [0.1, 0.15) is 12.4 Å². The number of hydrogen-bond donors (Lipinski definition) is 0. The van der Waals surface area contributed by atoms with E-state index in [1.54, 1.807) is 0 Å². The van der Waals surface area contributed by atoms with Gasteiger partial charge in [0.15, 0.2) is 6.29 Å². The fourth-order valence-electron chi connectivity index (χ4n) is 2.66. The SMILES string of the molecule is Cc1cc(OCC=O)ccc1C(C)N1CCCC1. The molecule has 1 fully saturated rings. The van der Waals surface area contributed by atoms with Crippen molar-refractivity contribution in [2.24, 2.45) is 0 Å². The molecular formula is C15H21NO2. The Kier molecular flexibility index (Phi) is 4.37. The molecule has 98 valence electrons. The van der Waals surface area contributed by atoms with Crippen LogP contribution in [0, 0.1) is 6.92 Å². The zero-order valence-corrected chi connectivity index (χ0v) is 11.2. The van der Waals surface area contributed by atoms with Crippen LogP contribution in [0.25, 0.3) is 0 Å². The molecule has 3 nitrogen and oxygen atoms in total. The molecule has 1 aromatic rings. The molecule has 0 N–H and O–H groups in total. The van der Waals surface area contributed by atoms with Crippen LogP contribution in [0.1, 0.15) is 36.9 Å². The van der Waals surface area contributed by atoms with E-state index in [4.69, 9.17) is 4.74 Å². The van der Waals surface area contributed by atoms with Crippen molar-refractivity contribution in [3.63, 3.8) is 0 Å². The van der Waals surface area contributed by atoms with Gasteiger partial charge in [0.2, 0.25) is 0 Å². The first kappa shape index (κ1) is 13.1. The van der Waals surface area contributed by atoms with Gasteiger partial charge in [-0.05, 0) is 63.0 Å². The lowest BCUT2D eigenvalue weighted by molar-refractivity contribution is -0.109. The van der Waals surface area contributed by atoms with Gasteiger partial charge in [-0.25, -0.2) is 0 Å². The van der Waals surface area contributed by atoms with E-state index < -0.39 is 0 Å². The summed E-state index contributed by atoms with van der Waals surface area (Å²) in [6, 6.07) is 6.56. The zero-order valence-electron chi connectivity index (χ0n) is 11.2. The van der Waals surface area contributed by atoms with Crippen molar-refractivity contribution in [2.45, 2.75) is 32.7 Å². The lowest BCUT2D eigenvalue weighted by Gasteiger charge is -2.25. The van der Waals surface area contributed by atoms with Crippen molar-refractivity contribution < 1.29 is 9.53 Å². The van der Waals surface area contributed by atoms with E-state index in [1.165, 1.54) is 37.1 Å². The van der Waals surface area contributed by atoms with Crippen LogP contribution in [0.3, 0.4) is 0 Å². The normalized spacial score (nSPS) is 17.7. The fourth-order valence-corrected chi connectivity index (χ4v) is 2.66. The van der Waals surface area contributed by atoms with Crippen molar-refractivity contribution in [3.05, 3.63) is 29.3 Å². The predicted molar refractivity (Wildman–Crippen MR) is 72.0 cm³/mol. The van der Waals surface area contributed by atoms with Crippen LogP contribution in [-0.2, 0) is 4.79 Å². The quantitative estimate of drug-likeness (QED) is 0.749. The minimum absolute atomic E-state index is 0.125. The standard InChI is InChI=1S/C15H21NO2/c1-12-11-14(18-10-9-17)5-6-15(12)13(2)16-7-3-4-8-16/h5-6,9,11,13H,3-4,7-8,10H2,1-2H3. The monoisotopic (exact) mass is 247 g/mol. The first-order chi connectivity index (χ1) is 8.72. The summed E-state index contributed by atoms with van der Waals surface area (Å²) in [7, 11) is 0. The van der Waals surface area contributed by atoms with Crippen molar-refractivity contribution in [2.75, 3.05) is 19.7 Å². The lowest BCUT2D eigenvalue weighted by Crippen LogP contribution is -2.23. The number of carbonyl (C=O) groups excluding carboxylic acids is 1. The van der Waals surface area contributed by atoms with Crippen molar-refractivity contribution in [1.29, 1.82) is 0 Å². The first-order valence-corrected chi connectivity index (χ1v) is 6.63. The zero-order chi connectivity index (χ0) is 13.0. The Morgan fingerprint density at radius 1 is 1.39 bits per heavy atom. The molecule has 1 unspecified atom stereocenters. The average Bonchev–Trinajstić information content (AvgIpc) is 2.89. The number of rotatable bonds is 5. The highest BCUT2D eigenvalue weighted by molar-refractivity contribution is 5.51. The summed E-state index contributed by atoms with van der Waals surface area (Å²) in [6.45, 7) is 6.89. The van der Waals surface area contributed by atoms with Crippen LogP contribution in [0.15, 0.2) is 18.2 Å². The largest absolute Gasteiger partial charge is 0.486 e.